The molecule has 0 saturated carbocycles. The van der Waals surface area contributed by atoms with Gasteiger partial charge in [0.15, 0.2) is 0 Å². The molecule has 1 saturated heterocycles. The fourth-order valence-electron chi connectivity index (χ4n) is 3.72. The van der Waals surface area contributed by atoms with E-state index in [2.05, 4.69) is 0 Å². The number of hydrogen-bond donors (Lipinski definition) is 0. The van der Waals surface area contributed by atoms with Gasteiger partial charge in [-0.3, -0.25) is 4.79 Å². The number of fused-ring (bicyclic) bond motifs is 1. The van der Waals surface area contributed by atoms with E-state index in [0.717, 1.165) is 16.3 Å². The molecule has 0 radical (unpaired) electrons. The highest BCUT2D eigenvalue weighted by molar-refractivity contribution is 7.89. The summed E-state index contributed by atoms with van der Waals surface area (Å²) >= 11 is 0. The van der Waals surface area contributed by atoms with Crippen molar-refractivity contribution < 1.29 is 17.6 Å². The average molecular weight is 427 g/mol. The first kappa shape index (κ1) is 20.5. The largest absolute Gasteiger partial charge is 0.340 e. The summed E-state index contributed by atoms with van der Waals surface area (Å²) in [6.45, 7) is 1.29. The van der Waals surface area contributed by atoms with Crippen molar-refractivity contribution >= 4 is 26.7 Å². The van der Waals surface area contributed by atoms with Gasteiger partial charge in [-0.25, -0.2) is 12.8 Å². The van der Waals surface area contributed by atoms with E-state index >= 15 is 0 Å². The minimum atomic E-state index is -3.60. The van der Waals surface area contributed by atoms with Gasteiger partial charge in [0, 0.05) is 32.6 Å². The monoisotopic (exact) mass is 426 g/mol. The van der Waals surface area contributed by atoms with Gasteiger partial charge >= 0.3 is 0 Å². The Hall–Kier alpha value is -2.77. The van der Waals surface area contributed by atoms with E-state index in [1.165, 1.54) is 16.4 Å². The fraction of sp³-hybridized carbons (Fsp3) is 0.261. The summed E-state index contributed by atoms with van der Waals surface area (Å²) in [6, 6.07) is 18.9. The molecule has 1 amide bonds. The third-order valence-corrected chi connectivity index (χ3v) is 7.39. The van der Waals surface area contributed by atoms with Crippen LogP contribution in [0.25, 0.3) is 10.8 Å². The minimum absolute atomic E-state index is 0.0120. The molecule has 0 unspecified atom stereocenters. The molecule has 1 heterocycles. The first-order valence-corrected chi connectivity index (χ1v) is 11.4. The van der Waals surface area contributed by atoms with Crippen molar-refractivity contribution in [1.82, 2.24) is 9.21 Å². The predicted molar refractivity (Wildman–Crippen MR) is 114 cm³/mol. The molecular weight excluding hydrogens is 403 g/mol. The highest BCUT2D eigenvalue weighted by Crippen LogP contribution is 2.23. The van der Waals surface area contributed by atoms with Gasteiger partial charge in [0.2, 0.25) is 15.9 Å². The smallest absolute Gasteiger partial charge is 0.243 e. The van der Waals surface area contributed by atoms with Crippen LogP contribution >= 0.6 is 0 Å². The average Bonchev–Trinajstić information content (AvgIpc) is 2.78. The van der Waals surface area contributed by atoms with Crippen molar-refractivity contribution in [3.63, 3.8) is 0 Å². The minimum Gasteiger partial charge on any atom is -0.340 e. The van der Waals surface area contributed by atoms with Gasteiger partial charge < -0.3 is 4.90 Å². The highest BCUT2D eigenvalue weighted by Gasteiger charge is 2.30. The Balaban J connectivity index is 1.36. The number of hydrogen-bond acceptors (Lipinski definition) is 3. The van der Waals surface area contributed by atoms with Crippen LogP contribution in [0, 0.1) is 5.82 Å². The number of carbonyl (C=O) groups is 1. The quantitative estimate of drug-likeness (QED) is 0.628. The van der Waals surface area contributed by atoms with E-state index in [0.29, 0.717) is 25.9 Å². The van der Waals surface area contributed by atoms with Gasteiger partial charge in [0.1, 0.15) is 5.82 Å². The number of carbonyl (C=O) groups excluding carboxylic acids is 1. The number of piperazine rings is 1. The van der Waals surface area contributed by atoms with Crippen molar-refractivity contribution in [2.45, 2.75) is 17.7 Å². The van der Waals surface area contributed by atoms with Crippen molar-refractivity contribution in [2.24, 2.45) is 0 Å². The molecule has 7 heteroatoms. The maximum absolute atomic E-state index is 13.0. The molecule has 0 bridgehead atoms. The van der Waals surface area contributed by atoms with Crippen LogP contribution in [0.1, 0.15) is 12.0 Å². The number of rotatable bonds is 5. The number of nitrogens with zero attached hydrogens (tertiary/aromatic N) is 2. The van der Waals surface area contributed by atoms with Crippen LogP contribution in [0.2, 0.25) is 0 Å². The second-order valence-corrected chi connectivity index (χ2v) is 9.36. The Morgan fingerprint density at radius 3 is 2.23 bits per heavy atom. The molecule has 0 aromatic heterocycles. The molecule has 30 heavy (non-hydrogen) atoms. The Kier molecular flexibility index (Phi) is 5.83. The molecule has 156 valence electrons. The molecule has 1 fully saturated rings. The molecule has 4 rings (SSSR count). The molecule has 3 aromatic rings. The molecule has 1 aliphatic rings. The van der Waals surface area contributed by atoms with Crippen molar-refractivity contribution in [3.8, 4) is 0 Å². The van der Waals surface area contributed by atoms with Crippen LogP contribution < -0.4 is 0 Å². The Bertz CT molecular complexity index is 1150. The van der Waals surface area contributed by atoms with E-state index in [-0.39, 0.29) is 29.7 Å². The standard InChI is InChI=1S/C23H23FN2O3S/c24-21-9-5-18(6-10-21)7-12-23(27)25-13-15-26(16-14-25)30(28,29)22-11-8-19-3-1-2-4-20(19)17-22/h1-6,8-11,17H,7,12-16H2. The first-order chi connectivity index (χ1) is 14.4. The summed E-state index contributed by atoms with van der Waals surface area (Å²) in [6.07, 6.45) is 0.859. The van der Waals surface area contributed by atoms with Gasteiger partial charge in [-0.15, -0.1) is 0 Å². The lowest BCUT2D eigenvalue weighted by Crippen LogP contribution is -2.50. The van der Waals surface area contributed by atoms with Crippen molar-refractivity contribution in [3.05, 3.63) is 78.1 Å². The first-order valence-electron chi connectivity index (χ1n) is 9.95. The number of benzene rings is 3. The summed E-state index contributed by atoms with van der Waals surface area (Å²) < 4.78 is 40.5. The third-order valence-electron chi connectivity index (χ3n) is 5.49. The van der Waals surface area contributed by atoms with Crippen LogP contribution in [0.5, 0.6) is 0 Å². The Morgan fingerprint density at radius 1 is 0.867 bits per heavy atom. The van der Waals surface area contributed by atoms with E-state index < -0.39 is 10.0 Å². The van der Waals surface area contributed by atoms with E-state index in [1.54, 1.807) is 29.2 Å². The lowest BCUT2D eigenvalue weighted by atomic mass is 10.1. The van der Waals surface area contributed by atoms with E-state index in [4.69, 9.17) is 0 Å². The maximum Gasteiger partial charge on any atom is 0.243 e. The maximum atomic E-state index is 13.0. The molecule has 0 aliphatic carbocycles. The second-order valence-electron chi connectivity index (χ2n) is 7.42. The number of amides is 1. The van der Waals surface area contributed by atoms with Crippen LogP contribution in [0.3, 0.4) is 0 Å². The van der Waals surface area contributed by atoms with Crippen LogP contribution in [0.15, 0.2) is 71.6 Å². The van der Waals surface area contributed by atoms with Gasteiger partial charge in [-0.2, -0.15) is 4.31 Å². The normalized spacial score (nSPS) is 15.4. The number of aryl methyl sites for hydroxylation is 1. The number of sulfonamides is 1. The summed E-state index contributed by atoms with van der Waals surface area (Å²) in [5, 5.41) is 1.88. The lowest BCUT2D eigenvalue weighted by molar-refractivity contribution is -0.132. The van der Waals surface area contributed by atoms with Gasteiger partial charge in [0.05, 0.1) is 4.90 Å². The van der Waals surface area contributed by atoms with Crippen molar-refractivity contribution in [2.75, 3.05) is 26.2 Å². The summed E-state index contributed by atoms with van der Waals surface area (Å²) in [5.74, 6) is -0.309. The fourth-order valence-corrected chi connectivity index (χ4v) is 5.17. The molecule has 3 aromatic carbocycles. The lowest BCUT2D eigenvalue weighted by Gasteiger charge is -2.34. The third kappa shape index (κ3) is 4.37. The molecule has 0 spiro atoms. The molecule has 1 aliphatic heterocycles. The molecule has 5 nitrogen and oxygen atoms in total. The van der Waals surface area contributed by atoms with Crippen molar-refractivity contribution in [1.29, 1.82) is 0 Å². The van der Waals surface area contributed by atoms with E-state index in [1.807, 2.05) is 30.3 Å². The topological polar surface area (TPSA) is 57.7 Å². The van der Waals surface area contributed by atoms with Gasteiger partial charge in [-0.1, -0.05) is 42.5 Å². The van der Waals surface area contributed by atoms with Crippen LogP contribution in [0.4, 0.5) is 4.39 Å². The summed E-state index contributed by atoms with van der Waals surface area (Å²) in [4.78, 5) is 14.5. The molecule has 0 N–H and O–H groups in total. The molecule has 0 atom stereocenters. The Morgan fingerprint density at radius 2 is 1.53 bits per heavy atom. The zero-order valence-corrected chi connectivity index (χ0v) is 17.3. The summed E-state index contributed by atoms with van der Waals surface area (Å²) in [7, 11) is -3.60. The Labute approximate surface area is 175 Å². The van der Waals surface area contributed by atoms with Crippen LogP contribution in [-0.2, 0) is 21.2 Å². The second kappa shape index (κ2) is 8.53. The summed E-state index contributed by atoms with van der Waals surface area (Å²) in [5.41, 5.74) is 0.905. The zero-order chi connectivity index (χ0) is 21.1. The van der Waals surface area contributed by atoms with Gasteiger partial charge in [-0.05, 0) is 47.0 Å². The zero-order valence-electron chi connectivity index (χ0n) is 16.5. The molecular formula is C23H23FN2O3S. The predicted octanol–water partition coefficient (Wildman–Crippen LogP) is 3.44. The van der Waals surface area contributed by atoms with Crippen LogP contribution in [-0.4, -0.2) is 49.7 Å². The highest BCUT2D eigenvalue weighted by atomic mass is 32.2. The number of halogens is 1. The van der Waals surface area contributed by atoms with Gasteiger partial charge in [0.25, 0.3) is 0 Å². The SMILES string of the molecule is O=C(CCc1ccc(F)cc1)N1CCN(S(=O)(=O)c2ccc3ccccc3c2)CC1. The van der Waals surface area contributed by atoms with E-state index in [9.17, 15) is 17.6 Å².